The molecule has 3 aromatic rings. The zero-order valence-corrected chi connectivity index (χ0v) is 16.9. The van der Waals surface area contributed by atoms with Gasteiger partial charge in [-0.2, -0.15) is 0 Å². The summed E-state index contributed by atoms with van der Waals surface area (Å²) in [6.45, 7) is 3.49. The van der Waals surface area contributed by atoms with Crippen molar-refractivity contribution in [3.05, 3.63) is 57.0 Å². The van der Waals surface area contributed by atoms with E-state index in [2.05, 4.69) is 14.7 Å². The maximum absolute atomic E-state index is 12.2. The molecule has 1 aromatic carbocycles. The number of rotatable bonds is 7. The fourth-order valence-corrected chi connectivity index (χ4v) is 4.66. The van der Waals surface area contributed by atoms with Crippen molar-refractivity contribution >= 4 is 37.5 Å². The zero-order chi connectivity index (χ0) is 20.3. The lowest BCUT2D eigenvalue weighted by atomic mass is 10.2. The lowest BCUT2D eigenvalue weighted by Crippen LogP contribution is -2.26. The second-order valence-corrected chi connectivity index (χ2v) is 9.07. The quantitative estimate of drug-likeness (QED) is 0.564. The number of aromatic amines is 1. The van der Waals surface area contributed by atoms with Crippen LogP contribution in [0.3, 0.4) is 0 Å². The Kier molecular flexibility index (Phi) is 5.92. The van der Waals surface area contributed by atoms with Gasteiger partial charge in [0, 0.05) is 11.4 Å². The second-order valence-electron chi connectivity index (χ2n) is 6.10. The third kappa shape index (κ3) is 4.46. The van der Waals surface area contributed by atoms with E-state index in [-0.39, 0.29) is 35.9 Å². The van der Waals surface area contributed by atoms with Gasteiger partial charge in [-0.05, 0) is 31.5 Å². The van der Waals surface area contributed by atoms with Crippen LogP contribution in [0, 0.1) is 13.8 Å². The summed E-state index contributed by atoms with van der Waals surface area (Å²) < 4.78 is 31.6. The van der Waals surface area contributed by atoms with Crippen molar-refractivity contribution in [3.63, 3.8) is 0 Å². The molecule has 0 aliphatic carbocycles. The Labute approximate surface area is 165 Å². The van der Waals surface area contributed by atoms with Crippen LogP contribution in [-0.2, 0) is 26.2 Å². The highest BCUT2D eigenvalue weighted by molar-refractivity contribution is 7.89. The van der Waals surface area contributed by atoms with E-state index < -0.39 is 16.0 Å². The molecule has 148 valence electrons. The molecule has 0 aliphatic heterocycles. The van der Waals surface area contributed by atoms with Gasteiger partial charge in [-0.15, -0.1) is 11.3 Å². The van der Waals surface area contributed by atoms with Gasteiger partial charge in [-0.3, -0.25) is 9.59 Å². The summed E-state index contributed by atoms with van der Waals surface area (Å²) in [5.74, 6) is -0.353. The highest BCUT2D eigenvalue weighted by Crippen LogP contribution is 2.25. The van der Waals surface area contributed by atoms with Gasteiger partial charge in [0.15, 0.2) is 0 Å². The number of carbonyl (C=O) groups excluding carboxylic acids is 1. The molecule has 0 saturated heterocycles. The van der Waals surface area contributed by atoms with E-state index in [0.717, 1.165) is 10.4 Å². The number of benzene rings is 1. The minimum atomic E-state index is -3.67. The summed E-state index contributed by atoms with van der Waals surface area (Å²) >= 11 is 1.41. The number of thiophene rings is 1. The molecule has 0 radical (unpaired) electrons. The SMILES string of the molecule is Cc1sc2nc(COC(=O)CCNS(=O)(=O)c3ccccc3)[nH]c(=O)c2c1C. The molecule has 0 bridgehead atoms. The number of nitrogens with one attached hydrogen (secondary N) is 2. The molecule has 8 nitrogen and oxygen atoms in total. The fourth-order valence-electron chi connectivity index (χ4n) is 2.56. The molecule has 0 amide bonds. The minimum absolute atomic E-state index is 0.0949. The van der Waals surface area contributed by atoms with E-state index in [1.165, 1.54) is 23.5 Å². The topological polar surface area (TPSA) is 118 Å². The lowest BCUT2D eigenvalue weighted by Gasteiger charge is -2.07. The van der Waals surface area contributed by atoms with Crippen LogP contribution in [0.1, 0.15) is 22.7 Å². The monoisotopic (exact) mass is 421 g/mol. The average Bonchev–Trinajstić information content (AvgIpc) is 2.95. The van der Waals surface area contributed by atoms with Crippen LogP contribution in [0.5, 0.6) is 0 Å². The largest absolute Gasteiger partial charge is 0.457 e. The molecule has 2 N–H and O–H groups in total. The fraction of sp³-hybridized carbons (Fsp3) is 0.278. The van der Waals surface area contributed by atoms with Gasteiger partial charge in [0.2, 0.25) is 10.0 Å². The minimum Gasteiger partial charge on any atom is -0.457 e. The van der Waals surface area contributed by atoms with Gasteiger partial charge in [0.25, 0.3) is 5.56 Å². The standard InChI is InChI=1S/C18H19N3O5S2/c1-11-12(2)27-18-16(11)17(23)20-14(21-18)10-26-15(22)8-9-19-28(24,25)13-6-4-3-5-7-13/h3-7,19H,8-10H2,1-2H3,(H,20,21,23). The summed E-state index contributed by atoms with van der Waals surface area (Å²) in [6, 6.07) is 7.87. The molecule has 3 rings (SSSR count). The Morgan fingerprint density at radius 3 is 2.68 bits per heavy atom. The van der Waals surface area contributed by atoms with E-state index in [1.807, 2.05) is 13.8 Å². The number of sulfonamides is 1. The number of carbonyl (C=O) groups is 1. The highest BCUT2D eigenvalue weighted by atomic mass is 32.2. The Morgan fingerprint density at radius 1 is 1.25 bits per heavy atom. The number of fused-ring (bicyclic) bond motifs is 1. The van der Waals surface area contributed by atoms with Crippen molar-refractivity contribution < 1.29 is 17.9 Å². The van der Waals surface area contributed by atoms with E-state index >= 15 is 0 Å². The van der Waals surface area contributed by atoms with Gasteiger partial charge in [0.05, 0.1) is 16.7 Å². The molecule has 2 aromatic heterocycles. The van der Waals surface area contributed by atoms with Crippen molar-refractivity contribution in [3.8, 4) is 0 Å². The first-order chi connectivity index (χ1) is 13.3. The molecule has 0 unspecified atom stereocenters. The van der Waals surface area contributed by atoms with Crippen LogP contribution < -0.4 is 10.3 Å². The number of nitrogens with zero attached hydrogens (tertiary/aromatic N) is 1. The molecule has 0 saturated carbocycles. The molecule has 0 aliphatic rings. The summed E-state index contributed by atoms with van der Waals surface area (Å²) in [5.41, 5.74) is 0.622. The smallest absolute Gasteiger partial charge is 0.307 e. The highest BCUT2D eigenvalue weighted by Gasteiger charge is 2.15. The van der Waals surface area contributed by atoms with E-state index in [0.29, 0.717) is 10.2 Å². The predicted molar refractivity (Wildman–Crippen MR) is 106 cm³/mol. The van der Waals surface area contributed by atoms with Gasteiger partial charge in [-0.1, -0.05) is 18.2 Å². The van der Waals surface area contributed by atoms with Crippen LogP contribution in [0.2, 0.25) is 0 Å². The molecule has 0 atom stereocenters. The zero-order valence-electron chi connectivity index (χ0n) is 15.3. The van der Waals surface area contributed by atoms with E-state index in [4.69, 9.17) is 4.74 Å². The Morgan fingerprint density at radius 2 is 1.96 bits per heavy atom. The van der Waals surface area contributed by atoms with Gasteiger partial charge in [-0.25, -0.2) is 18.1 Å². The summed E-state index contributed by atoms with van der Waals surface area (Å²) in [4.78, 5) is 32.7. The third-order valence-corrected chi connectivity index (χ3v) is 6.71. The number of hydrogen-bond donors (Lipinski definition) is 2. The molecular weight excluding hydrogens is 402 g/mol. The van der Waals surface area contributed by atoms with Crippen LogP contribution in [-0.4, -0.2) is 30.9 Å². The van der Waals surface area contributed by atoms with Crippen LogP contribution in [0.15, 0.2) is 40.0 Å². The molecule has 28 heavy (non-hydrogen) atoms. The number of aryl methyl sites for hydroxylation is 2. The van der Waals surface area contributed by atoms with Gasteiger partial charge >= 0.3 is 5.97 Å². The first-order valence-corrected chi connectivity index (χ1v) is 10.8. The Bertz CT molecular complexity index is 1170. The maximum Gasteiger partial charge on any atom is 0.307 e. The van der Waals surface area contributed by atoms with Crippen LogP contribution >= 0.6 is 11.3 Å². The van der Waals surface area contributed by atoms with Crippen molar-refractivity contribution in [2.45, 2.75) is 31.8 Å². The number of aromatic nitrogens is 2. The van der Waals surface area contributed by atoms with E-state index in [9.17, 15) is 18.0 Å². The average molecular weight is 422 g/mol. The lowest BCUT2D eigenvalue weighted by molar-refractivity contribution is -0.145. The van der Waals surface area contributed by atoms with Gasteiger partial charge < -0.3 is 9.72 Å². The van der Waals surface area contributed by atoms with E-state index in [1.54, 1.807) is 18.2 Å². The Balaban J connectivity index is 1.55. The maximum atomic E-state index is 12.2. The predicted octanol–water partition coefficient (Wildman–Crippen LogP) is 2.01. The summed E-state index contributed by atoms with van der Waals surface area (Å²) in [5, 5.41) is 0.549. The number of ether oxygens (including phenoxy) is 1. The second kappa shape index (κ2) is 8.21. The van der Waals surface area contributed by atoms with Crippen LogP contribution in [0.4, 0.5) is 0 Å². The third-order valence-electron chi connectivity index (χ3n) is 4.13. The number of hydrogen-bond acceptors (Lipinski definition) is 7. The molecule has 2 heterocycles. The Hall–Kier alpha value is -2.56. The number of esters is 1. The molecular formula is C18H19N3O5S2. The van der Waals surface area contributed by atoms with Crippen molar-refractivity contribution in [2.75, 3.05) is 6.54 Å². The van der Waals surface area contributed by atoms with Crippen molar-refractivity contribution in [1.29, 1.82) is 0 Å². The summed E-state index contributed by atoms with van der Waals surface area (Å²) in [6.07, 6.45) is -0.143. The van der Waals surface area contributed by atoms with Crippen molar-refractivity contribution in [1.82, 2.24) is 14.7 Å². The molecule has 10 heteroatoms. The van der Waals surface area contributed by atoms with Gasteiger partial charge in [0.1, 0.15) is 17.3 Å². The molecule has 0 spiro atoms. The normalized spacial score (nSPS) is 11.6. The van der Waals surface area contributed by atoms with Crippen molar-refractivity contribution in [2.24, 2.45) is 0 Å². The van der Waals surface area contributed by atoms with Crippen LogP contribution in [0.25, 0.3) is 10.2 Å². The first-order valence-electron chi connectivity index (χ1n) is 8.47. The number of H-pyrrole nitrogens is 1. The summed E-state index contributed by atoms with van der Waals surface area (Å²) in [7, 11) is -3.67. The first kappa shape index (κ1) is 20.2. The molecule has 0 fully saturated rings.